The Hall–Kier alpha value is -3.58. The second-order valence-electron chi connectivity index (χ2n) is 8.82. The summed E-state index contributed by atoms with van der Waals surface area (Å²) in [5.74, 6) is 0.629. The van der Waals surface area contributed by atoms with E-state index in [2.05, 4.69) is 27.0 Å². The predicted octanol–water partition coefficient (Wildman–Crippen LogP) is 5.03. The SMILES string of the molecule is C=C(C)C(=O)OCCOCCOc1ccc(C(C)(C)c2ccc(OCCOC(=O)C(=C)C)cc2)cc1. The Bertz CT molecular complexity index is 1020. The zero-order chi connectivity index (χ0) is 26.6. The first-order chi connectivity index (χ1) is 17.1. The lowest BCUT2D eigenvalue weighted by Gasteiger charge is -2.26. The molecule has 7 nitrogen and oxygen atoms in total. The van der Waals surface area contributed by atoms with Gasteiger partial charge >= 0.3 is 11.9 Å². The Balaban J connectivity index is 1.77. The van der Waals surface area contributed by atoms with E-state index in [-0.39, 0.29) is 25.2 Å². The molecule has 7 heteroatoms. The summed E-state index contributed by atoms with van der Waals surface area (Å²) in [6, 6.07) is 15.9. The van der Waals surface area contributed by atoms with E-state index in [1.807, 2.05) is 48.5 Å². The lowest BCUT2D eigenvalue weighted by molar-refractivity contribution is -0.141. The number of hydrogen-bond acceptors (Lipinski definition) is 7. The normalized spacial score (nSPS) is 10.9. The lowest BCUT2D eigenvalue weighted by atomic mass is 9.78. The largest absolute Gasteiger partial charge is 0.491 e. The minimum absolute atomic E-state index is 0.171. The Morgan fingerprint density at radius 2 is 1.00 bits per heavy atom. The van der Waals surface area contributed by atoms with Crippen molar-refractivity contribution in [1.29, 1.82) is 0 Å². The first kappa shape index (κ1) is 28.7. The van der Waals surface area contributed by atoms with Crippen molar-refractivity contribution >= 4 is 11.9 Å². The molecule has 0 unspecified atom stereocenters. The predicted molar refractivity (Wildman–Crippen MR) is 138 cm³/mol. The van der Waals surface area contributed by atoms with E-state index in [4.69, 9.17) is 23.7 Å². The van der Waals surface area contributed by atoms with Gasteiger partial charge in [-0.15, -0.1) is 0 Å². The fourth-order valence-electron chi connectivity index (χ4n) is 3.16. The number of rotatable bonds is 15. The van der Waals surface area contributed by atoms with Crippen LogP contribution in [0.4, 0.5) is 0 Å². The average molecular weight is 497 g/mol. The first-order valence-corrected chi connectivity index (χ1v) is 11.8. The number of carbonyl (C=O) groups excluding carboxylic acids is 2. The van der Waals surface area contributed by atoms with Crippen LogP contribution in [0.1, 0.15) is 38.8 Å². The average Bonchev–Trinajstić information content (AvgIpc) is 2.86. The summed E-state index contributed by atoms with van der Waals surface area (Å²) in [7, 11) is 0. The molecule has 2 aromatic rings. The van der Waals surface area contributed by atoms with Crippen molar-refractivity contribution in [2.24, 2.45) is 0 Å². The molecule has 0 atom stereocenters. The third-order valence-electron chi connectivity index (χ3n) is 5.39. The quantitative estimate of drug-likeness (QED) is 0.194. The maximum Gasteiger partial charge on any atom is 0.333 e. The summed E-state index contributed by atoms with van der Waals surface area (Å²) in [5, 5.41) is 0. The lowest BCUT2D eigenvalue weighted by Crippen LogP contribution is -2.19. The highest BCUT2D eigenvalue weighted by atomic mass is 16.6. The zero-order valence-corrected chi connectivity index (χ0v) is 21.6. The van der Waals surface area contributed by atoms with E-state index in [9.17, 15) is 9.59 Å². The van der Waals surface area contributed by atoms with Crippen molar-refractivity contribution in [2.75, 3.05) is 39.6 Å². The standard InChI is InChI=1S/C29H36O7/c1-21(2)27(30)35-18-16-32-15-17-33-25-11-7-23(8-12-25)29(5,6)24-9-13-26(14-10-24)34-19-20-36-28(31)22(3)4/h7-14H,1,3,15-20H2,2,4-6H3. The van der Waals surface area contributed by atoms with Crippen molar-refractivity contribution in [1.82, 2.24) is 0 Å². The van der Waals surface area contributed by atoms with Gasteiger partial charge in [-0.25, -0.2) is 9.59 Å². The minimum atomic E-state index is -0.417. The molecule has 194 valence electrons. The van der Waals surface area contributed by atoms with Crippen LogP contribution in [0.3, 0.4) is 0 Å². The van der Waals surface area contributed by atoms with Gasteiger partial charge in [-0.1, -0.05) is 51.3 Å². The van der Waals surface area contributed by atoms with Gasteiger partial charge < -0.3 is 23.7 Å². The van der Waals surface area contributed by atoms with Crippen molar-refractivity contribution in [3.63, 3.8) is 0 Å². The van der Waals surface area contributed by atoms with Gasteiger partial charge in [-0.05, 0) is 49.2 Å². The summed E-state index contributed by atoms with van der Waals surface area (Å²) in [6.07, 6.45) is 0. The molecule has 0 heterocycles. The molecule has 0 bridgehead atoms. The molecule has 0 spiro atoms. The monoisotopic (exact) mass is 496 g/mol. The smallest absolute Gasteiger partial charge is 0.333 e. The van der Waals surface area contributed by atoms with E-state index in [1.165, 1.54) is 0 Å². The van der Waals surface area contributed by atoms with Crippen LogP contribution in [0.5, 0.6) is 11.5 Å². The summed E-state index contributed by atoms with van der Waals surface area (Å²) in [6.45, 7) is 16.3. The molecule has 0 saturated carbocycles. The maximum atomic E-state index is 11.4. The highest BCUT2D eigenvalue weighted by Crippen LogP contribution is 2.33. The molecule has 0 saturated heterocycles. The Morgan fingerprint density at radius 3 is 1.42 bits per heavy atom. The van der Waals surface area contributed by atoms with Crippen LogP contribution in [0.15, 0.2) is 72.8 Å². The fourth-order valence-corrected chi connectivity index (χ4v) is 3.16. The topological polar surface area (TPSA) is 80.3 Å². The van der Waals surface area contributed by atoms with E-state index >= 15 is 0 Å². The number of benzene rings is 2. The van der Waals surface area contributed by atoms with E-state index in [1.54, 1.807) is 13.8 Å². The summed E-state index contributed by atoms with van der Waals surface area (Å²) in [5.41, 5.74) is 2.79. The molecule has 0 aliphatic carbocycles. The van der Waals surface area contributed by atoms with Crippen LogP contribution in [0.25, 0.3) is 0 Å². The molecule has 0 N–H and O–H groups in total. The Morgan fingerprint density at radius 1 is 0.639 bits per heavy atom. The van der Waals surface area contributed by atoms with Gasteiger partial charge in [0.05, 0.1) is 13.2 Å². The summed E-state index contributed by atoms with van der Waals surface area (Å²) < 4.78 is 26.8. The van der Waals surface area contributed by atoms with Crippen LogP contribution in [0.2, 0.25) is 0 Å². The van der Waals surface area contributed by atoms with Crippen molar-refractivity contribution in [3.05, 3.63) is 84.0 Å². The van der Waals surface area contributed by atoms with E-state index in [0.717, 1.165) is 16.9 Å². The zero-order valence-electron chi connectivity index (χ0n) is 21.6. The van der Waals surface area contributed by atoms with Gasteiger partial charge in [0.15, 0.2) is 0 Å². The van der Waals surface area contributed by atoms with E-state index < -0.39 is 11.9 Å². The van der Waals surface area contributed by atoms with Gasteiger partial charge in [-0.2, -0.15) is 0 Å². The highest BCUT2D eigenvalue weighted by molar-refractivity contribution is 5.87. The van der Waals surface area contributed by atoms with Crippen LogP contribution < -0.4 is 9.47 Å². The van der Waals surface area contributed by atoms with Crippen LogP contribution >= 0.6 is 0 Å². The Labute approximate surface area is 213 Å². The van der Waals surface area contributed by atoms with Gasteiger partial charge in [0.1, 0.15) is 37.9 Å². The van der Waals surface area contributed by atoms with Crippen molar-refractivity contribution < 1.29 is 33.3 Å². The second-order valence-corrected chi connectivity index (χ2v) is 8.82. The number of carbonyl (C=O) groups is 2. The molecule has 36 heavy (non-hydrogen) atoms. The molecule has 0 radical (unpaired) electrons. The molecular formula is C29H36O7. The van der Waals surface area contributed by atoms with Crippen molar-refractivity contribution in [2.45, 2.75) is 33.1 Å². The third-order valence-corrected chi connectivity index (χ3v) is 5.39. The summed E-state index contributed by atoms with van der Waals surface area (Å²) in [4.78, 5) is 22.7. The van der Waals surface area contributed by atoms with Crippen molar-refractivity contribution in [3.8, 4) is 11.5 Å². The Kier molecular flexibility index (Phi) is 11.2. The molecule has 0 aliphatic rings. The fraction of sp³-hybridized carbons (Fsp3) is 0.379. The minimum Gasteiger partial charge on any atom is -0.491 e. The van der Waals surface area contributed by atoms with Crippen LogP contribution in [-0.2, 0) is 29.2 Å². The number of esters is 2. The molecule has 0 fully saturated rings. The molecule has 0 aliphatic heterocycles. The first-order valence-electron chi connectivity index (χ1n) is 11.8. The maximum absolute atomic E-state index is 11.4. The van der Waals surface area contributed by atoms with Gasteiger partial charge in [0, 0.05) is 16.6 Å². The van der Waals surface area contributed by atoms with Gasteiger partial charge in [0.2, 0.25) is 0 Å². The molecule has 0 aromatic heterocycles. The third kappa shape index (κ3) is 9.23. The molecular weight excluding hydrogens is 460 g/mol. The second kappa shape index (κ2) is 14.1. The molecule has 2 rings (SSSR count). The van der Waals surface area contributed by atoms with E-state index in [0.29, 0.717) is 36.7 Å². The molecule has 0 amide bonds. The number of ether oxygens (including phenoxy) is 5. The van der Waals surface area contributed by atoms with Gasteiger partial charge in [0.25, 0.3) is 0 Å². The molecule has 2 aromatic carbocycles. The highest BCUT2D eigenvalue weighted by Gasteiger charge is 2.23. The van der Waals surface area contributed by atoms with Gasteiger partial charge in [-0.3, -0.25) is 0 Å². The summed E-state index contributed by atoms with van der Waals surface area (Å²) >= 11 is 0. The van der Waals surface area contributed by atoms with Crippen LogP contribution in [-0.4, -0.2) is 51.6 Å². The number of hydrogen-bond donors (Lipinski definition) is 0. The van der Waals surface area contributed by atoms with Crippen LogP contribution in [0, 0.1) is 0 Å².